The summed E-state index contributed by atoms with van der Waals surface area (Å²) in [5.41, 5.74) is 1.41. The molecule has 1 unspecified atom stereocenters. The van der Waals surface area contributed by atoms with Gasteiger partial charge in [-0.3, -0.25) is 0 Å². The number of rotatable bonds is 8. The van der Waals surface area contributed by atoms with Gasteiger partial charge in [-0.15, -0.1) is 0 Å². The minimum absolute atomic E-state index is 0. The molecular weight excluding hydrogens is 318 g/mol. The molecule has 0 N–H and O–H groups in total. The van der Waals surface area contributed by atoms with E-state index >= 15 is 0 Å². The van der Waals surface area contributed by atoms with Gasteiger partial charge in [-0.05, 0) is 48.2 Å². The summed E-state index contributed by atoms with van der Waals surface area (Å²) in [5.74, 6) is -1.25. The van der Waals surface area contributed by atoms with Crippen LogP contribution in [0.25, 0.3) is 0 Å². The summed E-state index contributed by atoms with van der Waals surface area (Å²) in [6.07, 6.45) is 1.85. The first kappa shape index (κ1) is 20.7. The molecular formula is C19H20FNaO3. The van der Waals surface area contributed by atoms with E-state index < -0.39 is 11.9 Å². The van der Waals surface area contributed by atoms with Crippen LogP contribution < -0.4 is 39.4 Å². The number of halogens is 1. The topological polar surface area (TPSA) is 49.4 Å². The Hall–Kier alpha value is -1.36. The van der Waals surface area contributed by atoms with Crippen LogP contribution >= 0.6 is 0 Å². The summed E-state index contributed by atoms with van der Waals surface area (Å²) in [6.45, 7) is 2.75. The smallest absolute Gasteiger partial charge is 0.550 e. The van der Waals surface area contributed by atoms with Gasteiger partial charge in [-0.1, -0.05) is 37.6 Å². The SMILES string of the molecule is CCCCOc1ccc(C(CC(=O)[O-])c2cccc(F)c2)cc1.[Na+]. The van der Waals surface area contributed by atoms with Gasteiger partial charge in [0.25, 0.3) is 0 Å². The molecule has 1 atom stereocenters. The first-order valence-corrected chi connectivity index (χ1v) is 7.78. The van der Waals surface area contributed by atoms with E-state index in [1.165, 1.54) is 12.1 Å². The molecule has 0 aromatic heterocycles. The average molecular weight is 338 g/mol. The number of aliphatic carboxylic acids is 1. The summed E-state index contributed by atoms with van der Waals surface area (Å²) >= 11 is 0. The molecule has 0 aliphatic heterocycles. The standard InChI is InChI=1S/C19H21FO3.Na/c1-2-3-11-23-17-9-7-14(8-10-17)18(13-19(21)22)15-5-4-6-16(20)12-15;/h4-10,12,18H,2-3,11,13H2,1H3,(H,21,22);/q;+1/p-1. The van der Waals surface area contributed by atoms with Crippen molar-refractivity contribution in [2.45, 2.75) is 32.1 Å². The molecule has 0 heterocycles. The van der Waals surface area contributed by atoms with Crippen molar-refractivity contribution in [1.29, 1.82) is 0 Å². The van der Waals surface area contributed by atoms with Gasteiger partial charge < -0.3 is 14.6 Å². The van der Waals surface area contributed by atoms with E-state index in [1.54, 1.807) is 12.1 Å². The monoisotopic (exact) mass is 338 g/mol. The van der Waals surface area contributed by atoms with Crippen molar-refractivity contribution in [1.82, 2.24) is 0 Å². The Bertz CT molecular complexity index is 643. The van der Waals surface area contributed by atoms with Crippen LogP contribution in [-0.2, 0) is 4.79 Å². The van der Waals surface area contributed by atoms with Crippen molar-refractivity contribution in [3.05, 3.63) is 65.5 Å². The molecule has 2 aromatic carbocycles. The summed E-state index contributed by atoms with van der Waals surface area (Å²) in [6, 6.07) is 13.3. The molecule has 0 aliphatic carbocycles. The molecule has 0 saturated carbocycles. The maximum Gasteiger partial charge on any atom is 1.00 e. The fourth-order valence-corrected chi connectivity index (χ4v) is 2.45. The van der Waals surface area contributed by atoms with Crippen molar-refractivity contribution in [3.8, 4) is 5.75 Å². The fraction of sp³-hybridized carbons (Fsp3) is 0.316. The summed E-state index contributed by atoms with van der Waals surface area (Å²) in [7, 11) is 0. The van der Waals surface area contributed by atoms with E-state index in [-0.39, 0.29) is 41.8 Å². The molecule has 5 heteroatoms. The molecule has 0 aliphatic rings. The first-order chi connectivity index (χ1) is 11.1. The second-order valence-corrected chi connectivity index (χ2v) is 5.45. The summed E-state index contributed by atoms with van der Waals surface area (Å²) < 4.78 is 19.0. The average Bonchev–Trinajstić information content (AvgIpc) is 2.53. The number of hydrogen-bond acceptors (Lipinski definition) is 3. The molecule has 0 fully saturated rings. The second kappa shape index (κ2) is 10.5. The Morgan fingerprint density at radius 1 is 1.17 bits per heavy atom. The Labute approximate surface area is 164 Å². The molecule has 0 saturated heterocycles. The minimum Gasteiger partial charge on any atom is -0.550 e. The zero-order valence-electron chi connectivity index (χ0n) is 14.1. The maximum absolute atomic E-state index is 13.4. The van der Waals surface area contributed by atoms with E-state index in [2.05, 4.69) is 6.92 Å². The zero-order chi connectivity index (χ0) is 16.7. The molecule has 0 amide bonds. The number of hydrogen-bond donors (Lipinski definition) is 0. The van der Waals surface area contributed by atoms with Crippen LogP contribution in [0.15, 0.2) is 48.5 Å². The van der Waals surface area contributed by atoms with Crippen molar-refractivity contribution in [2.75, 3.05) is 6.61 Å². The van der Waals surface area contributed by atoms with Gasteiger partial charge in [-0.2, -0.15) is 0 Å². The van der Waals surface area contributed by atoms with Crippen LogP contribution in [0.2, 0.25) is 0 Å². The van der Waals surface area contributed by atoms with E-state index in [9.17, 15) is 14.3 Å². The van der Waals surface area contributed by atoms with Gasteiger partial charge in [0.2, 0.25) is 0 Å². The molecule has 0 spiro atoms. The van der Waals surface area contributed by atoms with E-state index in [4.69, 9.17) is 4.74 Å². The van der Waals surface area contributed by atoms with E-state index in [0.717, 1.165) is 24.2 Å². The number of ether oxygens (including phenoxy) is 1. The molecule has 2 aromatic rings. The fourth-order valence-electron chi connectivity index (χ4n) is 2.45. The third-order valence-corrected chi connectivity index (χ3v) is 3.67. The van der Waals surface area contributed by atoms with Crippen LogP contribution in [0, 0.1) is 5.82 Å². The Morgan fingerprint density at radius 3 is 2.46 bits per heavy atom. The first-order valence-electron chi connectivity index (χ1n) is 7.78. The van der Waals surface area contributed by atoms with Gasteiger partial charge in [0.15, 0.2) is 0 Å². The quantitative estimate of drug-likeness (QED) is 0.513. The van der Waals surface area contributed by atoms with Crippen LogP contribution in [0.5, 0.6) is 5.75 Å². The Morgan fingerprint density at radius 2 is 1.88 bits per heavy atom. The minimum atomic E-state index is -1.16. The summed E-state index contributed by atoms with van der Waals surface area (Å²) in [5, 5.41) is 11.1. The van der Waals surface area contributed by atoms with Gasteiger partial charge in [0, 0.05) is 11.9 Å². The summed E-state index contributed by atoms with van der Waals surface area (Å²) in [4.78, 5) is 11.1. The van der Waals surface area contributed by atoms with Crippen LogP contribution in [0.4, 0.5) is 4.39 Å². The Kier molecular flexibility index (Phi) is 9.04. The van der Waals surface area contributed by atoms with Gasteiger partial charge in [0.05, 0.1) is 6.61 Å². The van der Waals surface area contributed by atoms with Gasteiger partial charge in [0.1, 0.15) is 11.6 Å². The third kappa shape index (κ3) is 6.27. The van der Waals surface area contributed by atoms with Gasteiger partial charge >= 0.3 is 29.6 Å². The normalized spacial score (nSPS) is 11.4. The maximum atomic E-state index is 13.4. The molecule has 2 rings (SSSR count). The largest absolute Gasteiger partial charge is 1.00 e. The molecule has 122 valence electrons. The number of benzene rings is 2. The number of carboxylic acid groups (broad SMARTS) is 1. The van der Waals surface area contributed by atoms with Crippen LogP contribution in [0.1, 0.15) is 43.2 Å². The molecule has 0 bridgehead atoms. The van der Waals surface area contributed by atoms with Gasteiger partial charge in [-0.25, -0.2) is 4.39 Å². The van der Waals surface area contributed by atoms with Crippen molar-refractivity contribution >= 4 is 5.97 Å². The van der Waals surface area contributed by atoms with E-state index in [0.29, 0.717) is 12.2 Å². The van der Waals surface area contributed by atoms with Crippen molar-refractivity contribution in [2.24, 2.45) is 0 Å². The number of carbonyl (C=O) groups excluding carboxylic acids is 1. The molecule has 0 radical (unpaired) electrons. The van der Waals surface area contributed by atoms with E-state index in [1.807, 2.05) is 24.3 Å². The molecule has 3 nitrogen and oxygen atoms in total. The number of carboxylic acids is 1. The second-order valence-electron chi connectivity index (χ2n) is 5.45. The Balaban J connectivity index is 0.00000288. The zero-order valence-corrected chi connectivity index (χ0v) is 16.1. The van der Waals surface area contributed by atoms with Crippen molar-refractivity contribution < 1.29 is 48.6 Å². The number of carbonyl (C=O) groups is 1. The molecule has 24 heavy (non-hydrogen) atoms. The third-order valence-electron chi connectivity index (χ3n) is 3.67. The van der Waals surface area contributed by atoms with Crippen LogP contribution in [-0.4, -0.2) is 12.6 Å². The predicted molar refractivity (Wildman–Crippen MR) is 84.7 cm³/mol. The van der Waals surface area contributed by atoms with Crippen molar-refractivity contribution in [3.63, 3.8) is 0 Å². The number of unbranched alkanes of at least 4 members (excludes halogenated alkanes) is 1. The van der Waals surface area contributed by atoms with Crippen LogP contribution in [0.3, 0.4) is 0 Å². The predicted octanol–water partition coefficient (Wildman–Crippen LogP) is 0.281.